The molecule has 2 aromatic carbocycles. The number of hydrogen-bond donors (Lipinski definition) is 6. The largest absolute Gasteiger partial charge is 0.502 e. The van der Waals surface area contributed by atoms with E-state index in [-0.39, 0.29) is 48.4 Å². The molecule has 2 aliphatic heterocycles. The van der Waals surface area contributed by atoms with Gasteiger partial charge in [-0.2, -0.15) is 0 Å². The quantitative estimate of drug-likeness (QED) is 0.0898. The Balaban J connectivity index is 1.17. The third kappa shape index (κ3) is 8.43. The molecule has 3 aliphatic rings. The van der Waals surface area contributed by atoms with Crippen LogP contribution in [0.15, 0.2) is 24.3 Å². The van der Waals surface area contributed by atoms with Crippen LogP contribution in [0.1, 0.15) is 67.2 Å². The van der Waals surface area contributed by atoms with Crippen molar-refractivity contribution in [3.63, 3.8) is 0 Å². The topological polar surface area (TPSA) is 175 Å². The number of carbonyl (C=O) groups is 2. The maximum atomic E-state index is 13.4. The van der Waals surface area contributed by atoms with E-state index in [2.05, 4.69) is 21.3 Å². The highest BCUT2D eigenvalue weighted by Gasteiger charge is 2.53. The van der Waals surface area contributed by atoms with Crippen LogP contribution in [0.25, 0.3) is 0 Å². The summed E-state index contributed by atoms with van der Waals surface area (Å²) >= 11 is 0. The lowest BCUT2D eigenvalue weighted by atomic mass is 9.65. The van der Waals surface area contributed by atoms with Crippen LogP contribution in [0.4, 0.5) is 0 Å². The predicted octanol–water partition coefficient (Wildman–Crippen LogP) is 2.30. The lowest BCUT2D eigenvalue weighted by Gasteiger charge is -2.39. The molecule has 13 nitrogen and oxygen atoms in total. The van der Waals surface area contributed by atoms with Gasteiger partial charge in [-0.25, -0.2) is 0 Å². The van der Waals surface area contributed by atoms with Gasteiger partial charge < -0.3 is 55.8 Å². The van der Waals surface area contributed by atoms with Gasteiger partial charge in [0.1, 0.15) is 0 Å². The summed E-state index contributed by atoms with van der Waals surface area (Å²) in [6, 6.07) is 6.77. The average molecular weight is 670 g/mol. The second-order valence-corrected chi connectivity index (χ2v) is 12.5. The van der Waals surface area contributed by atoms with E-state index in [1.54, 1.807) is 12.1 Å². The minimum absolute atomic E-state index is 0.0742. The van der Waals surface area contributed by atoms with Crippen LogP contribution in [0.2, 0.25) is 0 Å². The Morgan fingerprint density at radius 3 is 2.02 bits per heavy atom. The Morgan fingerprint density at radius 1 is 0.833 bits per heavy atom. The summed E-state index contributed by atoms with van der Waals surface area (Å²) in [5.74, 6) is -0.271. The molecule has 264 valence electrons. The van der Waals surface area contributed by atoms with Crippen LogP contribution in [0, 0.1) is 11.8 Å². The Kier molecular flexibility index (Phi) is 13.0. The van der Waals surface area contributed by atoms with E-state index in [0.717, 1.165) is 94.6 Å². The molecule has 1 aliphatic carbocycles. The van der Waals surface area contributed by atoms with Crippen molar-refractivity contribution in [1.82, 2.24) is 21.3 Å². The maximum absolute atomic E-state index is 13.4. The smallest absolute Gasteiger partial charge is 0.310 e. The van der Waals surface area contributed by atoms with Crippen molar-refractivity contribution in [3.8, 4) is 28.7 Å². The molecular weight excluding hydrogens is 618 g/mol. The molecule has 4 atom stereocenters. The maximum Gasteiger partial charge on any atom is 0.310 e. The van der Waals surface area contributed by atoms with Crippen LogP contribution in [-0.4, -0.2) is 90.4 Å². The van der Waals surface area contributed by atoms with Crippen LogP contribution in [0.5, 0.6) is 28.7 Å². The summed E-state index contributed by atoms with van der Waals surface area (Å²) in [6.07, 6.45) is 5.17. The molecule has 0 radical (unpaired) electrons. The number of cyclic esters (lactones) is 1. The van der Waals surface area contributed by atoms with Crippen molar-refractivity contribution in [2.24, 2.45) is 17.6 Å². The van der Waals surface area contributed by atoms with E-state index in [1.165, 1.54) is 14.2 Å². The van der Waals surface area contributed by atoms with Crippen molar-refractivity contribution in [3.05, 3.63) is 41.0 Å². The van der Waals surface area contributed by atoms with Crippen molar-refractivity contribution >= 4 is 11.9 Å². The zero-order chi connectivity index (χ0) is 33.9. The minimum atomic E-state index is -0.584. The van der Waals surface area contributed by atoms with Gasteiger partial charge in [-0.15, -0.1) is 0 Å². The number of phenols is 1. The van der Waals surface area contributed by atoms with Gasteiger partial charge >= 0.3 is 5.97 Å². The Morgan fingerprint density at radius 2 is 1.42 bits per heavy atom. The molecule has 2 aromatic rings. The van der Waals surface area contributed by atoms with Gasteiger partial charge in [0.25, 0.3) is 0 Å². The molecule has 1 amide bonds. The summed E-state index contributed by atoms with van der Waals surface area (Å²) in [7, 11) is 2.93. The first-order valence-corrected chi connectivity index (χ1v) is 17.1. The first-order valence-electron chi connectivity index (χ1n) is 17.1. The van der Waals surface area contributed by atoms with E-state index in [1.807, 2.05) is 12.1 Å². The fourth-order valence-corrected chi connectivity index (χ4v) is 6.90. The molecule has 0 saturated carbocycles. The van der Waals surface area contributed by atoms with Crippen molar-refractivity contribution in [2.45, 2.75) is 50.5 Å². The fraction of sp³-hybridized carbons (Fsp3) is 0.600. The average Bonchev–Trinajstić information content (AvgIpc) is 3.72. The molecule has 1 fully saturated rings. The second kappa shape index (κ2) is 17.6. The van der Waals surface area contributed by atoms with Crippen LogP contribution in [-0.2, 0) is 14.3 Å². The van der Waals surface area contributed by atoms with Crippen molar-refractivity contribution in [2.75, 3.05) is 73.4 Å². The fourth-order valence-electron chi connectivity index (χ4n) is 6.90. The number of rotatable bonds is 20. The summed E-state index contributed by atoms with van der Waals surface area (Å²) in [5.41, 5.74) is 7.88. The van der Waals surface area contributed by atoms with E-state index < -0.39 is 17.9 Å². The van der Waals surface area contributed by atoms with Gasteiger partial charge in [0.05, 0.1) is 32.8 Å². The molecule has 7 N–H and O–H groups in total. The summed E-state index contributed by atoms with van der Waals surface area (Å²) in [5, 5.41) is 24.1. The number of carbonyl (C=O) groups excluding carboxylic acids is 2. The normalized spacial score (nSPS) is 20.6. The van der Waals surface area contributed by atoms with Crippen molar-refractivity contribution < 1.29 is 38.4 Å². The molecule has 2 heterocycles. The molecule has 1 saturated heterocycles. The van der Waals surface area contributed by atoms with E-state index in [0.29, 0.717) is 17.9 Å². The van der Waals surface area contributed by atoms with Crippen LogP contribution >= 0.6 is 0 Å². The number of benzene rings is 2. The monoisotopic (exact) mass is 669 g/mol. The third-order valence-electron chi connectivity index (χ3n) is 9.34. The lowest BCUT2D eigenvalue weighted by molar-refractivity contribution is -0.141. The number of ether oxygens (including phenoxy) is 5. The Labute approximate surface area is 282 Å². The minimum Gasteiger partial charge on any atom is -0.502 e. The first-order chi connectivity index (χ1) is 23.5. The number of nitrogens with two attached hydrogens (primary N) is 1. The molecule has 1 unspecified atom stereocenters. The zero-order valence-electron chi connectivity index (χ0n) is 28.1. The molecule has 0 bridgehead atoms. The molecule has 5 rings (SSSR count). The van der Waals surface area contributed by atoms with Gasteiger partial charge in [0, 0.05) is 18.3 Å². The van der Waals surface area contributed by atoms with Gasteiger partial charge in [0.15, 0.2) is 23.0 Å². The number of hydrogen-bond acceptors (Lipinski definition) is 12. The van der Waals surface area contributed by atoms with Crippen molar-refractivity contribution in [1.29, 1.82) is 0 Å². The zero-order valence-corrected chi connectivity index (χ0v) is 28.1. The number of unbranched alkanes of at least 4 members (excludes halogenated alkanes) is 1. The highest BCUT2D eigenvalue weighted by Crippen LogP contribution is 2.55. The number of fused-ring (bicyclic) bond motifs is 3. The number of nitrogens with one attached hydrogen (secondary N) is 4. The van der Waals surface area contributed by atoms with Gasteiger partial charge in [-0.3, -0.25) is 9.59 Å². The SMILES string of the molecule is COc1cc(C2c3cc4c(cc3[C@@H](NC(=O)CCCCNCCCNCCCNCCCN)[C@H]3COC(=O)[C@H]23)OCO4)cc(OC)c1O. The van der Waals surface area contributed by atoms with Crippen LogP contribution in [0.3, 0.4) is 0 Å². The molecular formula is C35H51N5O8. The second-order valence-electron chi connectivity index (χ2n) is 12.5. The summed E-state index contributed by atoms with van der Waals surface area (Å²) in [6.45, 7) is 6.75. The third-order valence-corrected chi connectivity index (χ3v) is 9.34. The van der Waals surface area contributed by atoms with E-state index in [9.17, 15) is 14.7 Å². The molecule has 0 spiro atoms. The standard InChI is InChI=1S/C35H51N5O8/c1-44-28-16-22(17-29(45-2)34(28)42)31-23-18-26-27(48-21-47-26)19-24(23)33(25-20-46-35(43)32(25)31)40-30(41)8-3-4-10-37-12-6-14-39-15-7-13-38-11-5-9-36/h16-19,25,31-33,37-39,42H,3-15,20-21,36H2,1-2H3,(H,40,41)/t25-,31?,32-,33+/m0/s1. The molecule has 0 aromatic heterocycles. The Hall–Kier alpha value is -3.78. The number of aromatic hydroxyl groups is 1. The van der Waals surface area contributed by atoms with Gasteiger partial charge in [0.2, 0.25) is 18.4 Å². The molecule has 48 heavy (non-hydrogen) atoms. The first kappa shape index (κ1) is 35.5. The highest BCUT2D eigenvalue weighted by atomic mass is 16.7. The van der Waals surface area contributed by atoms with E-state index in [4.69, 9.17) is 29.4 Å². The summed E-state index contributed by atoms with van der Waals surface area (Å²) in [4.78, 5) is 26.7. The number of amides is 1. The van der Waals surface area contributed by atoms with Gasteiger partial charge in [-0.05, 0) is 119 Å². The van der Waals surface area contributed by atoms with E-state index >= 15 is 0 Å². The Bertz CT molecular complexity index is 1370. The summed E-state index contributed by atoms with van der Waals surface area (Å²) < 4.78 is 28.0. The van der Waals surface area contributed by atoms with Crippen LogP contribution < -0.4 is 45.9 Å². The number of phenolic OH excluding ortho intramolecular Hbond substituents is 1. The number of methoxy groups -OCH3 is 2. The predicted molar refractivity (Wildman–Crippen MR) is 180 cm³/mol. The highest BCUT2D eigenvalue weighted by molar-refractivity contribution is 5.81. The number of esters is 1. The lowest BCUT2D eigenvalue weighted by Crippen LogP contribution is -2.42. The van der Waals surface area contributed by atoms with Gasteiger partial charge in [-0.1, -0.05) is 0 Å². The molecule has 13 heteroatoms.